The standard InChI is InChI=1S/C9H12O3/c1-6-3-7(12-2)4-9(11)8(6)5-10/h3-4,10-11H,5H2,1-2H3. The van der Waals surface area contributed by atoms with Crippen molar-refractivity contribution in [3.63, 3.8) is 0 Å². The largest absolute Gasteiger partial charge is 0.507 e. The molecule has 1 aromatic carbocycles. The van der Waals surface area contributed by atoms with E-state index < -0.39 is 0 Å². The average molecular weight is 168 g/mol. The van der Waals surface area contributed by atoms with Gasteiger partial charge in [-0.25, -0.2) is 0 Å². The Hall–Kier alpha value is -1.22. The van der Waals surface area contributed by atoms with Gasteiger partial charge < -0.3 is 14.9 Å². The topological polar surface area (TPSA) is 49.7 Å². The maximum Gasteiger partial charge on any atom is 0.125 e. The van der Waals surface area contributed by atoms with E-state index in [0.717, 1.165) is 5.56 Å². The van der Waals surface area contributed by atoms with Crippen molar-refractivity contribution in [3.05, 3.63) is 23.3 Å². The molecule has 0 bridgehead atoms. The van der Waals surface area contributed by atoms with E-state index in [9.17, 15) is 5.11 Å². The van der Waals surface area contributed by atoms with Gasteiger partial charge in [0.2, 0.25) is 0 Å². The van der Waals surface area contributed by atoms with Crippen LogP contribution in [-0.2, 0) is 6.61 Å². The highest BCUT2D eigenvalue weighted by Gasteiger charge is 2.05. The molecule has 0 saturated carbocycles. The Labute approximate surface area is 71.2 Å². The summed E-state index contributed by atoms with van der Waals surface area (Å²) in [4.78, 5) is 0. The molecule has 0 atom stereocenters. The normalized spacial score (nSPS) is 9.92. The summed E-state index contributed by atoms with van der Waals surface area (Å²) in [6.07, 6.45) is 0. The predicted octanol–water partition coefficient (Wildman–Crippen LogP) is 1.20. The first-order valence-corrected chi connectivity index (χ1v) is 3.66. The van der Waals surface area contributed by atoms with E-state index in [-0.39, 0.29) is 12.4 Å². The van der Waals surface area contributed by atoms with Gasteiger partial charge in [-0.1, -0.05) is 0 Å². The second-order valence-corrected chi connectivity index (χ2v) is 2.60. The van der Waals surface area contributed by atoms with Crippen LogP contribution in [0.3, 0.4) is 0 Å². The lowest BCUT2D eigenvalue weighted by Gasteiger charge is -2.07. The summed E-state index contributed by atoms with van der Waals surface area (Å²) >= 11 is 0. The maximum atomic E-state index is 9.36. The van der Waals surface area contributed by atoms with Crippen molar-refractivity contribution in [2.75, 3.05) is 7.11 Å². The molecule has 0 spiro atoms. The number of ether oxygens (including phenoxy) is 1. The molecule has 0 amide bonds. The molecule has 1 rings (SSSR count). The molecular formula is C9H12O3. The molecule has 3 heteroatoms. The number of methoxy groups -OCH3 is 1. The van der Waals surface area contributed by atoms with E-state index in [4.69, 9.17) is 9.84 Å². The van der Waals surface area contributed by atoms with Gasteiger partial charge >= 0.3 is 0 Å². The summed E-state index contributed by atoms with van der Waals surface area (Å²) in [7, 11) is 1.53. The number of hydrogen-bond donors (Lipinski definition) is 2. The van der Waals surface area contributed by atoms with Crippen molar-refractivity contribution >= 4 is 0 Å². The molecule has 0 saturated heterocycles. The maximum absolute atomic E-state index is 9.36. The van der Waals surface area contributed by atoms with E-state index in [1.54, 1.807) is 6.07 Å². The quantitative estimate of drug-likeness (QED) is 0.697. The van der Waals surface area contributed by atoms with Crippen LogP contribution in [0.1, 0.15) is 11.1 Å². The number of aryl methyl sites for hydroxylation is 1. The molecule has 0 aliphatic heterocycles. The molecule has 12 heavy (non-hydrogen) atoms. The molecule has 0 unspecified atom stereocenters. The van der Waals surface area contributed by atoms with E-state index in [2.05, 4.69) is 0 Å². The van der Waals surface area contributed by atoms with Gasteiger partial charge in [0.05, 0.1) is 13.7 Å². The molecule has 0 radical (unpaired) electrons. The summed E-state index contributed by atoms with van der Waals surface area (Å²) in [5.74, 6) is 0.677. The molecule has 0 aliphatic carbocycles. The van der Waals surface area contributed by atoms with E-state index in [1.807, 2.05) is 6.92 Å². The lowest BCUT2D eigenvalue weighted by atomic mass is 10.1. The van der Waals surface area contributed by atoms with E-state index in [1.165, 1.54) is 13.2 Å². The molecule has 0 fully saturated rings. The van der Waals surface area contributed by atoms with Gasteiger partial charge in [-0.3, -0.25) is 0 Å². The number of hydrogen-bond acceptors (Lipinski definition) is 3. The van der Waals surface area contributed by atoms with Crippen molar-refractivity contribution in [1.82, 2.24) is 0 Å². The lowest BCUT2D eigenvalue weighted by molar-refractivity contribution is 0.274. The molecule has 0 aliphatic rings. The highest BCUT2D eigenvalue weighted by molar-refractivity contribution is 5.44. The third kappa shape index (κ3) is 1.51. The van der Waals surface area contributed by atoms with E-state index >= 15 is 0 Å². The van der Waals surface area contributed by atoms with Crippen molar-refractivity contribution in [2.24, 2.45) is 0 Å². The number of aliphatic hydroxyl groups is 1. The molecule has 0 aromatic heterocycles. The monoisotopic (exact) mass is 168 g/mol. The molecule has 66 valence electrons. The zero-order valence-electron chi connectivity index (χ0n) is 7.16. The summed E-state index contributed by atoms with van der Waals surface area (Å²) in [5, 5.41) is 18.2. The van der Waals surface area contributed by atoms with Crippen LogP contribution in [0.5, 0.6) is 11.5 Å². The summed E-state index contributed by atoms with van der Waals surface area (Å²) in [5.41, 5.74) is 1.38. The molecule has 1 aromatic rings. The number of aromatic hydroxyl groups is 1. The second-order valence-electron chi connectivity index (χ2n) is 2.60. The van der Waals surface area contributed by atoms with Gasteiger partial charge in [-0.05, 0) is 18.6 Å². The predicted molar refractivity (Wildman–Crippen MR) is 45.3 cm³/mol. The highest BCUT2D eigenvalue weighted by Crippen LogP contribution is 2.26. The van der Waals surface area contributed by atoms with Gasteiger partial charge in [0, 0.05) is 11.6 Å². The minimum absolute atomic E-state index is 0.0781. The van der Waals surface area contributed by atoms with Gasteiger partial charge in [0.1, 0.15) is 11.5 Å². The van der Waals surface area contributed by atoms with Gasteiger partial charge in [0.15, 0.2) is 0 Å². The van der Waals surface area contributed by atoms with Gasteiger partial charge in [-0.15, -0.1) is 0 Å². The number of aliphatic hydroxyl groups excluding tert-OH is 1. The smallest absolute Gasteiger partial charge is 0.125 e. The number of phenols is 1. The Morgan fingerprint density at radius 2 is 2.08 bits per heavy atom. The van der Waals surface area contributed by atoms with Crippen LogP contribution < -0.4 is 4.74 Å². The first-order chi connectivity index (χ1) is 5.69. The van der Waals surface area contributed by atoms with Crippen molar-refractivity contribution in [1.29, 1.82) is 0 Å². The lowest BCUT2D eigenvalue weighted by Crippen LogP contribution is -1.91. The fraction of sp³-hybridized carbons (Fsp3) is 0.333. The zero-order valence-corrected chi connectivity index (χ0v) is 7.16. The minimum atomic E-state index is -0.151. The molecule has 3 nitrogen and oxygen atoms in total. The summed E-state index contributed by atoms with van der Waals surface area (Å²) < 4.78 is 4.93. The Kier molecular flexibility index (Phi) is 2.55. The molecule has 2 N–H and O–H groups in total. The highest BCUT2D eigenvalue weighted by atomic mass is 16.5. The SMILES string of the molecule is COc1cc(C)c(CO)c(O)c1. The Bertz CT molecular complexity index is 258. The van der Waals surface area contributed by atoms with Crippen molar-refractivity contribution in [3.8, 4) is 11.5 Å². The first-order valence-electron chi connectivity index (χ1n) is 3.66. The van der Waals surface area contributed by atoms with Crippen LogP contribution in [0.25, 0.3) is 0 Å². The Morgan fingerprint density at radius 3 is 2.50 bits per heavy atom. The van der Waals surface area contributed by atoms with Gasteiger partial charge in [-0.2, -0.15) is 0 Å². The molecule has 0 heterocycles. The van der Waals surface area contributed by atoms with Crippen LogP contribution in [0.2, 0.25) is 0 Å². The Balaban J connectivity index is 3.18. The second kappa shape index (κ2) is 3.45. The number of rotatable bonds is 2. The zero-order chi connectivity index (χ0) is 9.14. The van der Waals surface area contributed by atoms with Crippen molar-refractivity contribution < 1.29 is 14.9 Å². The summed E-state index contributed by atoms with van der Waals surface area (Å²) in [6, 6.07) is 3.25. The van der Waals surface area contributed by atoms with Crippen molar-refractivity contribution in [2.45, 2.75) is 13.5 Å². The number of benzene rings is 1. The first kappa shape index (κ1) is 8.87. The minimum Gasteiger partial charge on any atom is -0.507 e. The fourth-order valence-corrected chi connectivity index (χ4v) is 1.09. The molecular weight excluding hydrogens is 156 g/mol. The fourth-order valence-electron chi connectivity index (χ4n) is 1.09. The van der Waals surface area contributed by atoms with Crippen LogP contribution in [-0.4, -0.2) is 17.3 Å². The van der Waals surface area contributed by atoms with Gasteiger partial charge in [0.25, 0.3) is 0 Å². The van der Waals surface area contributed by atoms with Crippen LogP contribution in [0.4, 0.5) is 0 Å². The van der Waals surface area contributed by atoms with Crippen LogP contribution >= 0.6 is 0 Å². The third-order valence-electron chi connectivity index (χ3n) is 1.82. The van der Waals surface area contributed by atoms with Crippen LogP contribution in [0.15, 0.2) is 12.1 Å². The summed E-state index contributed by atoms with van der Waals surface area (Å²) in [6.45, 7) is 1.66. The van der Waals surface area contributed by atoms with E-state index in [0.29, 0.717) is 11.3 Å². The average Bonchev–Trinajstić information content (AvgIpc) is 2.03. The van der Waals surface area contributed by atoms with Crippen LogP contribution in [0, 0.1) is 6.92 Å². The Morgan fingerprint density at radius 1 is 1.42 bits per heavy atom. The third-order valence-corrected chi connectivity index (χ3v) is 1.82.